The standard InChI is InChI=1S/C12H11Cl3N2O3S/c1-20-7-10-11(21(15,18)19)12(14)17(16-10)6-8-3-2-4-9(13)5-8/h2-5H,6-7H2,1H3. The molecule has 2 rings (SSSR count). The number of ether oxygens (including phenoxy) is 1. The minimum Gasteiger partial charge on any atom is -0.378 e. The molecule has 114 valence electrons. The third kappa shape index (κ3) is 3.90. The Bertz CT molecular complexity index is 759. The molecule has 0 bridgehead atoms. The molecule has 0 amide bonds. The molecule has 1 aromatic heterocycles. The van der Waals surface area contributed by atoms with Gasteiger partial charge in [0.1, 0.15) is 15.7 Å². The fourth-order valence-electron chi connectivity index (χ4n) is 1.86. The van der Waals surface area contributed by atoms with E-state index in [1.54, 1.807) is 18.2 Å². The molecular formula is C12H11Cl3N2O3S. The van der Waals surface area contributed by atoms with Crippen LogP contribution < -0.4 is 0 Å². The lowest BCUT2D eigenvalue weighted by molar-refractivity contribution is 0.178. The van der Waals surface area contributed by atoms with E-state index < -0.39 is 9.05 Å². The van der Waals surface area contributed by atoms with Gasteiger partial charge in [-0.2, -0.15) is 5.10 Å². The van der Waals surface area contributed by atoms with Gasteiger partial charge in [0, 0.05) is 22.8 Å². The molecule has 0 fully saturated rings. The Morgan fingerprint density at radius 3 is 2.62 bits per heavy atom. The van der Waals surface area contributed by atoms with Crippen LogP contribution in [0.3, 0.4) is 0 Å². The third-order valence-corrected chi connectivity index (χ3v) is 4.77. The number of hydrogen-bond acceptors (Lipinski definition) is 4. The summed E-state index contributed by atoms with van der Waals surface area (Å²) < 4.78 is 29.5. The van der Waals surface area contributed by atoms with Crippen LogP contribution in [0.5, 0.6) is 0 Å². The van der Waals surface area contributed by atoms with Crippen LogP contribution in [0.4, 0.5) is 0 Å². The van der Waals surface area contributed by atoms with Crippen molar-refractivity contribution in [3.05, 3.63) is 45.7 Å². The summed E-state index contributed by atoms with van der Waals surface area (Å²) >= 11 is 12.0. The SMILES string of the molecule is COCc1nn(Cc2cccc(Cl)c2)c(Cl)c1S(=O)(=O)Cl. The van der Waals surface area contributed by atoms with Crippen molar-refractivity contribution in [2.45, 2.75) is 18.0 Å². The van der Waals surface area contributed by atoms with Gasteiger partial charge < -0.3 is 4.74 Å². The molecule has 0 atom stereocenters. The Labute approximate surface area is 136 Å². The molecule has 0 N–H and O–H groups in total. The fourth-order valence-corrected chi connectivity index (χ4v) is 3.87. The van der Waals surface area contributed by atoms with E-state index in [0.717, 1.165) is 5.56 Å². The van der Waals surface area contributed by atoms with E-state index >= 15 is 0 Å². The van der Waals surface area contributed by atoms with Crippen molar-refractivity contribution >= 4 is 42.9 Å². The molecule has 0 aliphatic heterocycles. The number of hydrogen-bond donors (Lipinski definition) is 0. The zero-order valence-corrected chi connectivity index (χ0v) is 14.0. The molecule has 1 aromatic carbocycles. The topological polar surface area (TPSA) is 61.2 Å². The molecule has 0 unspecified atom stereocenters. The maximum absolute atomic E-state index is 11.6. The van der Waals surface area contributed by atoms with Gasteiger partial charge in [-0.15, -0.1) is 0 Å². The van der Waals surface area contributed by atoms with Crippen LogP contribution in [-0.2, 0) is 26.9 Å². The van der Waals surface area contributed by atoms with E-state index in [4.69, 9.17) is 38.6 Å². The molecule has 2 aromatic rings. The van der Waals surface area contributed by atoms with Gasteiger partial charge in [-0.25, -0.2) is 13.1 Å². The van der Waals surface area contributed by atoms with Crippen LogP contribution in [0.2, 0.25) is 10.2 Å². The van der Waals surface area contributed by atoms with Crippen molar-refractivity contribution in [3.8, 4) is 0 Å². The number of nitrogens with zero attached hydrogens (tertiary/aromatic N) is 2. The molecule has 9 heteroatoms. The normalized spacial score (nSPS) is 11.8. The average Bonchev–Trinajstić information content (AvgIpc) is 2.66. The molecule has 21 heavy (non-hydrogen) atoms. The zero-order valence-electron chi connectivity index (χ0n) is 10.9. The first-order valence-corrected chi connectivity index (χ1v) is 8.82. The lowest BCUT2D eigenvalue weighted by Crippen LogP contribution is -2.02. The summed E-state index contributed by atoms with van der Waals surface area (Å²) in [6.45, 7) is 0.256. The van der Waals surface area contributed by atoms with Crippen molar-refractivity contribution in [1.82, 2.24) is 9.78 Å². The molecule has 0 aliphatic rings. The molecule has 0 saturated carbocycles. The molecule has 0 radical (unpaired) electrons. The second-order valence-electron chi connectivity index (χ2n) is 4.23. The first kappa shape index (κ1) is 16.6. The second-order valence-corrected chi connectivity index (χ2v) is 7.52. The lowest BCUT2D eigenvalue weighted by atomic mass is 10.2. The number of methoxy groups -OCH3 is 1. The second kappa shape index (κ2) is 6.54. The van der Waals surface area contributed by atoms with Crippen LogP contribution >= 0.6 is 33.9 Å². The highest BCUT2D eigenvalue weighted by Gasteiger charge is 2.26. The summed E-state index contributed by atoms with van der Waals surface area (Å²) in [5.41, 5.74) is 0.994. The van der Waals surface area contributed by atoms with Crippen molar-refractivity contribution in [2.24, 2.45) is 0 Å². The predicted molar refractivity (Wildman–Crippen MR) is 81.5 cm³/mol. The predicted octanol–water partition coefficient (Wildman–Crippen LogP) is 3.31. The van der Waals surface area contributed by atoms with Crippen molar-refractivity contribution < 1.29 is 13.2 Å². The summed E-state index contributed by atoms with van der Waals surface area (Å²) in [5.74, 6) is 0. The largest absolute Gasteiger partial charge is 0.378 e. The minimum absolute atomic E-state index is 0.0104. The van der Waals surface area contributed by atoms with Crippen molar-refractivity contribution in [2.75, 3.05) is 7.11 Å². The van der Waals surface area contributed by atoms with E-state index in [-0.39, 0.29) is 28.9 Å². The third-order valence-electron chi connectivity index (χ3n) is 2.66. The highest BCUT2D eigenvalue weighted by Crippen LogP contribution is 2.29. The van der Waals surface area contributed by atoms with E-state index in [1.807, 2.05) is 6.07 Å². The monoisotopic (exact) mass is 368 g/mol. The van der Waals surface area contributed by atoms with Gasteiger partial charge in [-0.3, -0.25) is 0 Å². The number of aromatic nitrogens is 2. The summed E-state index contributed by atoms with van der Waals surface area (Å²) in [6, 6.07) is 7.09. The number of rotatable bonds is 5. The van der Waals surface area contributed by atoms with Crippen LogP contribution in [0.25, 0.3) is 0 Å². The fraction of sp³-hybridized carbons (Fsp3) is 0.250. The smallest absolute Gasteiger partial charge is 0.266 e. The summed E-state index contributed by atoms with van der Waals surface area (Å²) in [5, 5.41) is 4.65. The highest BCUT2D eigenvalue weighted by atomic mass is 35.7. The van der Waals surface area contributed by atoms with Gasteiger partial charge in [-0.05, 0) is 17.7 Å². The van der Waals surface area contributed by atoms with Crippen LogP contribution in [0.15, 0.2) is 29.2 Å². The quantitative estimate of drug-likeness (QED) is 0.759. The summed E-state index contributed by atoms with van der Waals surface area (Å²) in [6.07, 6.45) is 0. The summed E-state index contributed by atoms with van der Waals surface area (Å²) in [7, 11) is 2.81. The Morgan fingerprint density at radius 1 is 1.33 bits per heavy atom. The molecule has 0 spiro atoms. The molecular weight excluding hydrogens is 359 g/mol. The van der Waals surface area contributed by atoms with E-state index in [0.29, 0.717) is 5.02 Å². The van der Waals surface area contributed by atoms with Crippen molar-refractivity contribution in [1.29, 1.82) is 0 Å². The number of benzene rings is 1. The average molecular weight is 370 g/mol. The molecule has 0 aliphatic carbocycles. The molecule has 5 nitrogen and oxygen atoms in total. The van der Waals surface area contributed by atoms with E-state index in [1.165, 1.54) is 11.8 Å². The summed E-state index contributed by atoms with van der Waals surface area (Å²) in [4.78, 5) is -0.227. The van der Waals surface area contributed by atoms with E-state index in [9.17, 15) is 8.42 Å². The maximum Gasteiger partial charge on any atom is 0.266 e. The molecule has 0 saturated heterocycles. The molecule has 1 heterocycles. The van der Waals surface area contributed by atoms with Gasteiger partial charge in [0.25, 0.3) is 9.05 Å². The van der Waals surface area contributed by atoms with Crippen LogP contribution in [0.1, 0.15) is 11.3 Å². The Hall–Kier alpha value is -0.790. The highest BCUT2D eigenvalue weighted by molar-refractivity contribution is 8.13. The first-order chi connectivity index (χ1) is 9.82. The van der Waals surface area contributed by atoms with Crippen molar-refractivity contribution in [3.63, 3.8) is 0 Å². The van der Waals surface area contributed by atoms with Gasteiger partial charge in [0.15, 0.2) is 0 Å². The maximum atomic E-state index is 11.6. The minimum atomic E-state index is -4.02. The zero-order chi connectivity index (χ0) is 15.6. The first-order valence-electron chi connectivity index (χ1n) is 5.76. The Balaban J connectivity index is 2.46. The van der Waals surface area contributed by atoms with Gasteiger partial charge >= 0.3 is 0 Å². The van der Waals surface area contributed by atoms with E-state index in [2.05, 4.69) is 5.10 Å². The van der Waals surface area contributed by atoms with Crippen LogP contribution in [-0.4, -0.2) is 25.3 Å². The Kier molecular flexibility index (Phi) is 5.16. The van der Waals surface area contributed by atoms with Crippen LogP contribution in [0, 0.1) is 0 Å². The van der Waals surface area contributed by atoms with Gasteiger partial charge in [0.2, 0.25) is 0 Å². The number of halogens is 3. The Morgan fingerprint density at radius 2 is 2.05 bits per heavy atom. The van der Waals surface area contributed by atoms with Gasteiger partial charge in [-0.1, -0.05) is 35.3 Å². The lowest BCUT2D eigenvalue weighted by Gasteiger charge is -2.04. The van der Waals surface area contributed by atoms with Gasteiger partial charge in [0.05, 0.1) is 13.2 Å².